The minimum atomic E-state index is -3.31. The van der Waals surface area contributed by atoms with Crippen molar-refractivity contribution in [2.45, 2.75) is 63.3 Å². The van der Waals surface area contributed by atoms with Gasteiger partial charge in [0, 0.05) is 0 Å². The van der Waals surface area contributed by atoms with Crippen LogP contribution in [0.1, 0.15) is 57.8 Å². The number of nitrogens with one attached hydrogen (secondary N) is 1. The van der Waals surface area contributed by atoms with E-state index >= 15 is 0 Å². The molecule has 0 atom stereocenters. The molecule has 0 saturated heterocycles. The minimum absolute atomic E-state index is 0.205. The molecule has 4 nitrogen and oxygen atoms in total. The fraction of sp³-hybridized carbons (Fsp3) is 0.923. The van der Waals surface area contributed by atoms with E-state index in [4.69, 9.17) is 0 Å². The maximum atomic E-state index is 12.2. The molecule has 0 aromatic heterocycles. The molecule has 0 unspecified atom stereocenters. The molecule has 0 aliphatic heterocycles. The second-order valence-electron chi connectivity index (χ2n) is 5.79. The first kappa shape index (κ1) is 13.8. The van der Waals surface area contributed by atoms with Crippen molar-refractivity contribution >= 4 is 10.0 Å². The van der Waals surface area contributed by atoms with Crippen LogP contribution in [-0.4, -0.2) is 19.7 Å². The summed E-state index contributed by atoms with van der Waals surface area (Å²) in [6.45, 7) is 0. The first-order valence-corrected chi connectivity index (χ1v) is 8.63. The molecule has 0 aromatic rings. The SMILES string of the molecule is N#CC1(NS(=O)(=O)CC2CCCCC2)CCCC1. The van der Waals surface area contributed by atoms with E-state index in [1.807, 2.05) is 0 Å². The molecule has 0 amide bonds. The van der Waals surface area contributed by atoms with Gasteiger partial charge in [0.05, 0.1) is 11.8 Å². The zero-order valence-corrected chi connectivity index (χ0v) is 11.6. The first-order valence-electron chi connectivity index (χ1n) is 6.98. The summed E-state index contributed by atoms with van der Waals surface area (Å²) in [5.74, 6) is 0.490. The van der Waals surface area contributed by atoms with E-state index in [1.165, 1.54) is 6.42 Å². The third-order valence-electron chi connectivity index (χ3n) is 4.20. The van der Waals surface area contributed by atoms with Crippen LogP contribution in [0.15, 0.2) is 0 Å². The Labute approximate surface area is 110 Å². The Morgan fingerprint density at radius 3 is 2.28 bits per heavy atom. The van der Waals surface area contributed by atoms with E-state index in [2.05, 4.69) is 10.8 Å². The van der Waals surface area contributed by atoms with Crippen molar-refractivity contribution in [1.29, 1.82) is 5.26 Å². The summed E-state index contributed by atoms with van der Waals surface area (Å²) < 4.78 is 27.0. The highest BCUT2D eigenvalue weighted by Gasteiger charge is 2.38. The summed E-state index contributed by atoms with van der Waals surface area (Å²) >= 11 is 0. The average molecular weight is 270 g/mol. The lowest BCUT2D eigenvalue weighted by Gasteiger charge is -2.25. The third-order valence-corrected chi connectivity index (χ3v) is 5.81. The molecule has 2 saturated carbocycles. The van der Waals surface area contributed by atoms with Crippen LogP contribution in [0.5, 0.6) is 0 Å². The lowest BCUT2D eigenvalue weighted by Crippen LogP contribution is -2.46. The molecular weight excluding hydrogens is 248 g/mol. The molecule has 0 aromatic carbocycles. The van der Waals surface area contributed by atoms with E-state index in [9.17, 15) is 13.7 Å². The number of rotatable bonds is 4. The van der Waals surface area contributed by atoms with E-state index in [0.29, 0.717) is 12.8 Å². The Kier molecular flexibility index (Phi) is 4.29. The number of hydrogen-bond acceptors (Lipinski definition) is 3. The molecule has 0 spiro atoms. The Hall–Kier alpha value is -0.600. The molecule has 18 heavy (non-hydrogen) atoms. The summed E-state index contributed by atoms with van der Waals surface area (Å²) in [5.41, 5.74) is -0.812. The van der Waals surface area contributed by atoms with E-state index in [0.717, 1.165) is 38.5 Å². The predicted octanol–water partition coefficient (Wildman–Crippen LogP) is 2.32. The summed E-state index contributed by atoms with van der Waals surface area (Å²) in [4.78, 5) is 0. The molecule has 102 valence electrons. The van der Waals surface area contributed by atoms with Crippen molar-refractivity contribution in [3.05, 3.63) is 0 Å². The van der Waals surface area contributed by atoms with Crippen molar-refractivity contribution in [1.82, 2.24) is 4.72 Å². The van der Waals surface area contributed by atoms with Gasteiger partial charge >= 0.3 is 0 Å². The minimum Gasteiger partial charge on any atom is -0.212 e. The lowest BCUT2D eigenvalue weighted by molar-refractivity contribution is 0.381. The summed E-state index contributed by atoms with van der Waals surface area (Å²) in [6, 6.07) is 2.18. The number of nitriles is 1. The lowest BCUT2D eigenvalue weighted by atomic mass is 9.91. The van der Waals surface area contributed by atoms with Crippen molar-refractivity contribution < 1.29 is 8.42 Å². The van der Waals surface area contributed by atoms with Gasteiger partial charge in [-0.2, -0.15) is 9.98 Å². The summed E-state index contributed by atoms with van der Waals surface area (Å²) in [5, 5.41) is 9.21. The van der Waals surface area contributed by atoms with Crippen molar-refractivity contribution in [3.8, 4) is 6.07 Å². The third kappa shape index (κ3) is 3.46. The number of nitrogens with zero attached hydrogens (tertiary/aromatic N) is 1. The zero-order chi connectivity index (χ0) is 13.1. The normalized spacial score (nSPS) is 24.8. The second-order valence-corrected chi connectivity index (χ2v) is 7.56. The monoisotopic (exact) mass is 270 g/mol. The van der Waals surface area contributed by atoms with Crippen molar-refractivity contribution in [2.75, 3.05) is 5.75 Å². The molecule has 2 fully saturated rings. The average Bonchev–Trinajstić information content (AvgIpc) is 2.78. The van der Waals surface area contributed by atoms with Crippen molar-refractivity contribution in [2.24, 2.45) is 5.92 Å². The smallest absolute Gasteiger partial charge is 0.212 e. The van der Waals surface area contributed by atoms with Crippen LogP contribution < -0.4 is 4.72 Å². The van der Waals surface area contributed by atoms with E-state index in [-0.39, 0.29) is 11.7 Å². The van der Waals surface area contributed by atoms with Crippen LogP contribution in [0, 0.1) is 17.2 Å². The Balaban J connectivity index is 1.96. The van der Waals surface area contributed by atoms with Gasteiger partial charge in [-0.3, -0.25) is 0 Å². The van der Waals surface area contributed by atoms with Gasteiger partial charge in [0.25, 0.3) is 0 Å². The summed E-state index contributed by atoms with van der Waals surface area (Å²) in [6.07, 6.45) is 8.75. The van der Waals surface area contributed by atoms with Crippen molar-refractivity contribution in [3.63, 3.8) is 0 Å². The van der Waals surface area contributed by atoms with Gasteiger partial charge < -0.3 is 0 Å². The first-order chi connectivity index (χ1) is 8.55. The summed E-state index contributed by atoms with van der Waals surface area (Å²) in [7, 11) is -3.31. The highest BCUT2D eigenvalue weighted by atomic mass is 32.2. The standard InChI is InChI=1S/C13H22N2O2S/c14-11-13(8-4-5-9-13)15-18(16,17)10-12-6-2-1-3-7-12/h12,15H,1-10H2. The highest BCUT2D eigenvalue weighted by Crippen LogP contribution is 2.31. The van der Waals surface area contributed by atoms with Crippen LogP contribution in [0.3, 0.4) is 0 Å². The number of hydrogen-bond donors (Lipinski definition) is 1. The fourth-order valence-corrected chi connectivity index (χ4v) is 5.10. The maximum Gasteiger partial charge on any atom is 0.213 e. The van der Waals surface area contributed by atoms with Crippen LogP contribution in [0.2, 0.25) is 0 Å². The topological polar surface area (TPSA) is 70.0 Å². The van der Waals surface area contributed by atoms with Gasteiger partial charge in [0.2, 0.25) is 10.0 Å². The highest BCUT2D eigenvalue weighted by molar-refractivity contribution is 7.89. The molecule has 0 bridgehead atoms. The molecule has 0 radical (unpaired) electrons. The van der Waals surface area contributed by atoms with E-state index < -0.39 is 15.6 Å². The Bertz CT molecular complexity index is 413. The van der Waals surface area contributed by atoms with Gasteiger partial charge in [-0.25, -0.2) is 8.42 Å². The molecule has 0 heterocycles. The molecule has 5 heteroatoms. The Morgan fingerprint density at radius 1 is 1.11 bits per heavy atom. The van der Waals surface area contributed by atoms with Crippen LogP contribution in [-0.2, 0) is 10.0 Å². The molecule has 2 rings (SSSR count). The van der Waals surface area contributed by atoms with Crippen LogP contribution in [0.25, 0.3) is 0 Å². The van der Waals surface area contributed by atoms with E-state index in [1.54, 1.807) is 0 Å². The number of sulfonamides is 1. The molecule has 2 aliphatic carbocycles. The fourth-order valence-electron chi connectivity index (χ4n) is 3.22. The molecule has 2 aliphatic rings. The van der Waals surface area contributed by atoms with Gasteiger partial charge in [-0.15, -0.1) is 0 Å². The van der Waals surface area contributed by atoms with Gasteiger partial charge in [-0.05, 0) is 31.6 Å². The quantitative estimate of drug-likeness (QED) is 0.852. The molecule has 1 N–H and O–H groups in total. The molecular formula is C13H22N2O2S. The van der Waals surface area contributed by atoms with Crippen LogP contribution >= 0.6 is 0 Å². The van der Waals surface area contributed by atoms with Gasteiger partial charge in [0.15, 0.2) is 0 Å². The van der Waals surface area contributed by atoms with Gasteiger partial charge in [0.1, 0.15) is 5.54 Å². The largest absolute Gasteiger partial charge is 0.213 e. The van der Waals surface area contributed by atoms with Crippen LogP contribution in [0.4, 0.5) is 0 Å². The Morgan fingerprint density at radius 2 is 1.72 bits per heavy atom. The predicted molar refractivity (Wildman–Crippen MR) is 70.3 cm³/mol. The maximum absolute atomic E-state index is 12.2. The zero-order valence-electron chi connectivity index (χ0n) is 10.8. The second kappa shape index (κ2) is 5.58. The van der Waals surface area contributed by atoms with Gasteiger partial charge in [-0.1, -0.05) is 32.1 Å².